The summed E-state index contributed by atoms with van der Waals surface area (Å²) in [6.45, 7) is 0. The molecule has 6 heteroatoms. The SMILES string of the molecule is O=C(N[C@H](Cc1ccccc1)C(=O)Nc1ccccc1)c1ccn[nH]1. The number of benzene rings is 2. The van der Waals surface area contributed by atoms with Crippen molar-refractivity contribution >= 4 is 17.5 Å². The van der Waals surface area contributed by atoms with Crippen LogP contribution in [-0.4, -0.2) is 28.1 Å². The van der Waals surface area contributed by atoms with Crippen molar-refractivity contribution in [3.05, 3.63) is 84.2 Å². The molecule has 0 radical (unpaired) electrons. The summed E-state index contributed by atoms with van der Waals surface area (Å²) < 4.78 is 0. The van der Waals surface area contributed by atoms with Gasteiger partial charge >= 0.3 is 0 Å². The summed E-state index contributed by atoms with van der Waals surface area (Å²) in [5.41, 5.74) is 1.95. The Kier molecular flexibility index (Phi) is 5.21. The Hall–Kier alpha value is -3.41. The second kappa shape index (κ2) is 7.92. The fourth-order valence-corrected chi connectivity index (χ4v) is 2.43. The molecule has 3 N–H and O–H groups in total. The molecule has 1 aromatic heterocycles. The van der Waals surface area contributed by atoms with E-state index in [4.69, 9.17) is 0 Å². The molecule has 25 heavy (non-hydrogen) atoms. The summed E-state index contributed by atoms with van der Waals surface area (Å²) in [7, 11) is 0. The van der Waals surface area contributed by atoms with Crippen LogP contribution >= 0.6 is 0 Å². The van der Waals surface area contributed by atoms with Crippen molar-refractivity contribution in [3.8, 4) is 0 Å². The van der Waals surface area contributed by atoms with Gasteiger partial charge in [-0.25, -0.2) is 0 Å². The lowest BCUT2D eigenvalue weighted by molar-refractivity contribution is -0.118. The van der Waals surface area contributed by atoms with Gasteiger partial charge in [-0.2, -0.15) is 5.10 Å². The number of nitrogens with zero attached hydrogens (tertiary/aromatic N) is 1. The Bertz CT molecular complexity index is 817. The fourth-order valence-electron chi connectivity index (χ4n) is 2.43. The van der Waals surface area contributed by atoms with Crippen molar-refractivity contribution < 1.29 is 9.59 Å². The number of carbonyl (C=O) groups is 2. The number of anilines is 1. The van der Waals surface area contributed by atoms with E-state index >= 15 is 0 Å². The van der Waals surface area contributed by atoms with Crippen molar-refractivity contribution in [2.45, 2.75) is 12.5 Å². The van der Waals surface area contributed by atoms with Gasteiger partial charge in [0.1, 0.15) is 11.7 Å². The summed E-state index contributed by atoms with van der Waals surface area (Å²) >= 11 is 0. The first kappa shape index (κ1) is 16.4. The molecule has 3 rings (SSSR count). The monoisotopic (exact) mass is 334 g/mol. The van der Waals surface area contributed by atoms with E-state index in [-0.39, 0.29) is 11.8 Å². The Morgan fingerprint density at radius 2 is 1.64 bits per heavy atom. The fraction of sp³-hybridized carbons (Fsp3) is 0.105. The molecular formula is C19H18N4O2. The second-order valence-electron chi connectivity index (χ2n) is 5.54. The number of aromatic nitrogens is 2. The van der Waals surface area contributed by atoms with Crippen LogP contribution in [0, 0.1) is 0 Å². The van der Waals surface area contributed by atoms with E-state index in [1.54, 1.807) is 18.2 Å². The average Bonchev–Trinajstić information content (AvgIpc) is 3.18. The number of para-hydroxylation sites is 1. The topological polar surface area (TPSA) is 86.9 Å². The zero-order valence-electron chi connectivity index (χ0n) is 13.5. The first-order valence-electron chi connectivity index (χ1n) is 7.92. The lowest BCUT2D eigenvalue weighted by Crippen LogP contribution is -2.45. The van der Waals surface area contributed by atoms with E-state index in [9.17, 15) is 9.59 Å². The zero-order valence-corrected chi connectivity index (χ0v) is 13.5. The number of hydrogen-bond donors (Lipinski definition) is 3. The van der Waals surface area contributed by atoms with Gasteiger partial charge in [0, 0.05) is 18.3 Å². The van der Waals surface area contributed by atoms with Crippen LogP contribution < -0.4 is 10.6 Å². The van der Waals surface area contributed by atoms with E-state index < -0.39 is 6.04 Å². The maximum absolute atomic E-state index is 12.7. The second-order valence-corrected chi connectivity index (χ2v) is 5.54. The van der Waals surface area contributed by atoms with Gasteiger partial charge in [-0.15, -0.1) is 0 Å². The van der Waals surface area contributed by atoms with Gasteiger partial charge in [0.15, 0.2) is 0 Å². The standard InChI is InChI=1S/C19H18N4O2/c24-18(16-11-12-20-23-16)22-17(13-14-7-3-1-4-8-14)19(25)21-15-9-5-2-6-10-15/h1-12,17H,13H2,(H,20,23)(H,21,25)(H,22,24)/t17-/m1/s1. The third kappa shape index (κ3) is 4.54. The van der Waals surface area contributed by atoms with Crippen LogP contribution in [0.3, 0.4) is 0 Å². The highest BCUT2D eigenvalue weighted by Crippen LogP contribution is 2.09. The van der Waals surface area contributed by atoms with Gasteiger partial charge in [-0.3, -0.25) is 14.7 Å². The van der Waals surface area contributed by atoms with E-state index in [1.807, 2.05) is 48.5 Å². The number of carbonyl (C=O) groups excluding carboxylic acids is 2. The van der Waals surface area contributed by atoms with Gasteiger partial charge < -0.3 is 10.6 Å². The van der Waals surface area contributed by atoms with Gasteiger partial charge in [-0.05, 0) is 23.8 Å². The normalized spacial score (nSPS) is 11.5. The van der Waals surface area contributed by atoms with E-state index in [0.29, 0.717) is 17.8 Å². The number of hydrogen-bond acceptors (Lipinski definition) is 3. The predicted octanol–water partition coefficient (Wildman–Crippen LogP) is 2.39. The molecule has 0 spiro atoms. The van der Waals surface area contributed by atoms with Gasteiger partial charge in [-0.1, -0.05) is 48.5 Å². The van der Waals surface area contributed by atoms with Crippen molar-refractivity contribution in [2.24, 2.45) is 0 Å². The first-order valence-corrected chi connectivity index (χ1v) is 7.92. The minimum absolute atomic E-state index is 0.275. The molecule has 1 atom stereocenters. The predicted molar refractivity (Wildman–Crippen MR) is 95.1 cm³/mol. The smallest absolute Gasteiger partial charge is 0.269 e. The molecule has 0 fully saturated rings. The molecule has 0 bridgehead atoms. The van der Waals surface area contributed by atoms with Crippen LogP contribution in [0.15, 0.2) is 72.9 Å². The molecule has 2 amide bonds. The lowest BCUT2D eigenvalue weighted by Gasteiger charge is -2.18. The third-order valence-electron chi connectivity index (χ3n) is 3.69. The molecule has 3 aromatic rings. The maximum atomic E-state index is 12.7. The average molecular weight is 334 g/mol. The molecular weight excluding hydrogens is 316 g/mol. The highest BCUT2D eigenvalue weighted by Gasteiger charge is 2.22. The van der Waals surface area contributed by atoms with E-state index in [2.05, 4.69) is 20.8 Å². The molecule has 0 aliphatic carbocycles. The number of rotatable bonds is 6. The van der Waals surface area contributed by atoms with Crippen LogP contribution in [0.25, 0.3) is 0 Å². The first-order chi connectivity index (χ1) is 12.2. The Morgan fingerprint density at radius 1 is 0.960 bits per heavy atom. The van der Waals surface area contributed by atoms with E-state index in [1.165, 1.54) is 6.20 Å². The largest absolute Gasteiger partial charge is 0.339 e. The van der Waals surface area contributed by atoms with Crippen LogP contribution in [0.1, 0.15) is 16.1 Å². The van der Waals surface area contributed by atoms with Crippen molar-refractivity contribution in [3.63, 3.8) is 0 Å². The molecule has 126 valence electrons. The number of amides is 2. The molecule has 6 nitrogen and oxygen atoms in total. The molecule has 0 unspecified atom stereocenters. The lowest BCUT2D eigenvalue weighted by atomic mass is 10.0. The third-order valence-corrected chi connectivity index (χ3v) is 3.69. The Balaban J connectivity index is 1.75. The van der Waals surface area contributed by atoms with Crippen molar-refractivity contribution in [1.82, 2.24) is 15.5 Å². The van der Waals surface area contributed by atoms with Crippen molar-refractivity contribution in [1.29, 1.82) is 0 Å². The molecule has 2 aromatic carbocycles. The summed E-state index contributed by atoms with van der Waals surface area (Å²) in [6.07, 6.45) is 1.88. The summed E-state index contributed by atoms with van der Waals surface area (Å²) in [5.74, 6) is -0.649. The van der Waals surface area contributed by atoms with Gasteiger partial charge in [0.05, 0.1) is 0 Å². The number of H-pyrrole nitrogens is 1. The van der Waals surface area contributed by atoms with Gasteiger partial charge in [0.25, 0.3) is 5.91 Å². The Morgan fingerprint density at radius 3 is 2.28 bits per heavy atom. The molecule has 0 saturated carbocycles. The molecule has 0 saturated heterocycles. The van der Waals surface area contributed by atoms with Crippen LogP contribution in [0.4, 0.5) is 5.69 Å². The van der Waals surface area contributed by atoms with E-state index in [0.717, 1.165) is 5.56 Å². The van der Waals surface area contributed by atoms with Gasteiger partial charge in [0.2, 0.25) is 5.91 Å². The quantitative estimate of drug-likeness (QED) is 0.647. The minimum atomic E-state index is -0.710. The number of aromatic amines is 1. The van der Waals surface area contributed by atoms with Crippen LogP contribution in [0.2, 0.25) is 0 Å². The minimum Gasteiger partial charge on any atom is -0.339 e. The molecule has 0 aliphatic rings. The van der Waals surface area contributed by atoms with Crippen molar-refractivity contribution in [2.75, 3.05) is 5.32 Å². The number of nitrogens with one attached hydrogen (secondary N) is 3. The summed E-state index contributed by atoms with van der Waals surface area (Å²) in [4.78, 5) is 25.0. The van der Waals surface area contributed by atoms with Crippen LogP contribution in [0.5, 0.6) is 0 Å². The highest BCUT2D eigenvalue weighted by atomic mass is 16.2. The summed E-state index contributed by atoms with van der Waals surface area (Å²) in [5, 5.41) is 12.0. The zero-order chi connectivity index (χ0) is 17.5. The maximum Gasteiger partial charge on any atom is 0.269 e. The molecule has 0 aliphatic heterocycles. The molecule has 1 heterocycles. The Labute approximate surface area is 145 Å². The summed E-state index contributed by atoms with van der Waals surface area (Å²) in [6, 6.07) is 19.6. The van der Waals surface area contributed by atoms with Crippen LogP contribution in [-0.2, 0) is 11.2 Å². The highest BCUT2D eigenvalue weighted by molar-refractivity contribution is 6.00.